The Hall–Kier alpha value is -2.52. The number of para-hydroxylation sites is 2. The molecule has 0 heterocycles. The maximum absolute atomic E-state index is 13.5. The van der Waals surface area contributed by atoms with E-state index in [0.29, 0.717) is 6.07 Å². The van der Waals surface area contributed by atoms with E-state index in [4.69, 9.17) is 5.14 Å². The van der Waals surface area contributed by atoms with Crippen molar-refractivity contribution in [2.75, 3.05) is 4.72 Å². The van der Waals surface area contributed by atoms with Gasteiger partial charge in [-0.15, -0.1) is 0 Å². The van der Waals surface area contributed by atoms with E-state index in [1.807, 2.05) is 0 Å². The Morgan fingerprint density at radius 1 is 0.867 bits per heavy atom. The standard InChI is InChI=1S/C15H12F6N2O5S2/c16-13(14(17,18)19)15(20,21)28-12-4-2-1-3-11(12)23-30(26,27)10-7-5-9(6-8-10)29(22,24)25/h1-8,13,23H,(H2,22,24,25). The zero-order valence-electron chi connectivity index (χ0n) is 14.4. The van der Waals surface area contributed by atoms with Crippen LogP contribution in [0.15, 0.2) is 58.3 Å². The Labute approximate surface area is 166 Å². The minimum absolute atomic E-state index is 0.411. The molecule has 0 aliphatic rings. The molecule has 0 fully saturated rings. The molecule has 2 aromatic rings. The van der Waals surface area contributed by atoms with Crippen LogP contribution < -0.4 is 14.6 Å². The molecule has 0 aliphatic carbocycles. The summed E-state index contributed by atoms with van der Waals surface area (Å²) in [7, 11) is -8.65. The second-order valence-corrected chi connectivity index (χ2v) is 8.93. The quantitative estimate of drug-likeness (QED) is 0.594. The average Bonchev–Trinajstić information content (AvgIpc) is 2.61. The van der Waals surface area contributed by atoms with Crippen LogP contribution in [0.5, 0.6) is 5.75 Å². The molecule has 1 atom stereocenters. The van der Waals surface area contributed by atoms with Gasteiger partial charge in [0.05, 0.1) is 15.5 Å². The number of nitrogens with one attached hydrogen (secondary N) is 1. The Morgan fingerprint density at radius 2 is 1.37 bits per heavy atom. The first kappa shape index (κ1) is 23.8. The summed E-state index contributed by atoms with van der Waals surface area (Å²) in [6.45, 7) is 0. The van der Waals surface area contributed by atoms with Gasteiger partial charge >= 0.3 is 12.3 Å². The first-order valence-corrected chi connectivity index (χ1v) is 10.6. The fourth-order valence-electron chi connectivity index (χ4n) is 2.04. The lowest BCUT2D eigenvalue weighted by atomic mass is 10.3. The molecule has 1 unspecified atom stereocenters. The van der Waals surface area contributed by atoms with Crippen LogP contribution in [0.1, 0.15) is 0 Å². The van der Waals surface area contributed by atoms with Crippen LogP contribution in [0.2, 0.25) is 0 Å². The van der Waals surface area contributed by atoms with Crippen molar-refractivity contribution in [1.82, 2.24) is 0 Å². The van der Waals surface area contributed by atoms with E-state index in [-0.39, 0.29) is 0 Å². The Morgan fingerprint density at radius 3 is 1.87 bits per heavy atom. The van der Waals surface area contributed by atoms with Crippen molar-refractivity contribution in [1.29, 1.82) is 0 Å². The molecule has 30 heavy (non-hydrogen) atoms. The number of rotatable bonds is 7. The number of ether oxygens (including phenoxy) is 1. The highest BCUT2D eigenvalue weighted by Gasteiger charge is 2.59. The van der Waals surface area contributed by atoms with Gasteiger partial charge < -0.3 is 4.74 Å². The molecular weight excluding hydrogens is 466 g/mol. The molecule has 166 valence electrons. The molecule has 0 spiro atoms. The fraction of sp³-hybridized carbons (Fsp3) is 0.200. The van der Waals surface area contributed by atoms with Crippen LogP contribution in [0, 0.1) is 0 Å². The number of alkyl halides is 6. The van der Waals surface area contributed by atoms with E-state index in [1.165, 1.54) is 0 Å². The van der Waals surface area contributed by atoms with Crippen molar-refractivity contribution in [3.05, 3.63) is 48.5 Å². The molecule has 0 aliphatic heterocycles. The second-order valence-electron chi connectivity index (χ2n) is 5.69. The van der Waals surface area contributed by atoms with Crippen LogP contribution in [0.4, 0.5) is 32.0 Å². The van der Waals surface area contributed by atoms with Crippen molar-refractivity contribution < 1.29 is 47.9 Å². The molecule has 2 aromatic carbocycles. The summed E-state index contributed by atoms with van der Waals surface area (Å²) in [4.78, 5) is -0.943. The summed E-state index contributed by atoms with van der Waals surface area (Å²) in [5.41, 5.74) is -0.720. The zero-order chi connectivity index (χ0) is 23.0. The Balaban J connectivity index is 2.34. The maximum atomic E-state index is 13.5. The van der Waals surface area contributed by atoms with Crippen LogP contribution in [-0.2, 0) is 20.0 Å². The summed E-state index contributed by atoms with van der Waals surface area (Å²) in [5.74, 6) is -1.08. The summed E-state index contributed by atoms with van der Waals surface area (Å²) >= 11 is 0. The van der Waals surface area contributed by atoms with Gasteiger partial charge in [0.1, 0.15) is 0 Å². The highest BCUT2D eigenvalue weighted by Crippen LogP contribution is 2.38. The molecular formula is C15H12F6N2O5S2. The monoisotopic (exact) mass is 478 g/mol. The first-order valence-electron chi connectivity index (χ1n) is 7.56. The van der Waals surface area contributed by atoms with Gasteiger partial charge in [-0.25, -0.2) is 26.4 Å². The molecule has 7 nitrogen and oxygen atoms in total. The predicted octanol–water partition coefficient (Wildman–Crippen LogP) is 3.01. The average molecular weight is 478 g/mol. The number of halogens is 6. The van der Waals surface area contributed by atoms with Crippen molar-refractivity contribution in [3.63, 3.8) is 0 Å². The molecule has 15 heteroatoms. The number of primary sulfonamides is 1. The topological polar surface area (TPSA) is 116 Å². The number of hydrogen-bond donors (Lipinski definition) is 2. The summed E-state index contributed by atoms with van der Waals surface area (Å²) in [5, 5.41) is 4.88. The molecule has 0 bridgehead atoms. The van der Waals surface area contributed by atoms with Gasteiger partial charge in [0.2, 0.25) is 10.0 Å². The Kier molecular flexibility index (Phi) is 6.30. The molecule has 2 rings (SSSR count). The van der Waals surface area contributed by atoms with E-state index in [1.54, 1.807) is 4.72 Å². The molecule has 0 radical (unpaired) electrons. The number of sulfonamides is 2. The third-order valence-electron chi connectivity index (χ3n) is 3.42. The van der Waals surface area contributed by atoms with Crippen LogP contribution >= 0.6 is 0 Å². The molecule has 3 N–H and O–H groups in total. The normalized spacial score (nSPS) is 14.2. The van der Waals surface area contributed by atoms with Crippen molar-refractivity contribution in [3.8, 4) is 5.75 Å². The minimum atomic E-state index is -5.93. The maximum Gasteiger partial charge on any atom is 0.439 e. The third-order valence-corrected chi connectivity index (χ3v) is 5.73. The summed E-state index contributed by atoms with van der Waals surface area (Å²) in [6, 6.07) is 7.13. The van der Waals surface area contributed by atoms with Crippen LogP contribution in [0.3, 0.4) is 0 Å². The number of anilines is 1. The van der Waals surface area contributed by atoms with E-state index in [9.17, 15) is 43.2 Å². The van der Waals surface area contributed by atoms with Gasteiger partial charge in [-0.1, -0.05) is 12.1 Å². The van der Waals surface area contributed by atoms with E-state index in [2.05, 4.69) is 4.74 Å². The van der Waals surface area contributed by atoms with Crippen molar-refractivity contribution in [2.24, 2.45) is 5.14 Å². The lowest BCUT2D eigenvalue weighted by molar-refractivity contribution is -0.304. The predicted molar refractivity (Wildman–Crippen MR) is 91.6 cm³/mol. The SMILES string of the molecule is NS(=O)(=O)c1ccc(S(=O)(=O)Nc2ccccc2OC(F)(F)C(F)C(F)(F)F)cc1. The first-order chi connectivity index (χ1) is 13.5. The molecule has 0 amide bonds. The fourth-order valence-corrected chi connectivity index (χ4v) is 3.63. The minimum Gasteiger partial charge on any atom is -0.428 e. The van der Waals surface area contributed by atoms with Gasteiger partial charge in [0.15, 0.2) is 5.75 Å². The van der Waals surface area contributed by atoms with Gasteiger partial charge in [0.25, 0.3) is 16.2 Å². The van der Waals surface area contributed by atoms with Crippen molar-refractivity contribution >= 4 is 25.7 Å². The van der Waals surface area contributed by atoms with Crippen LogP contribution in [-0.4, -0.2) is 35.3 Å². The lowest BCUT2D eigenvalue weighted by Gasteiger charge is -2.24. The van der Waals surface area contributed by atoms with Crippen LogP contribution in [0.25, 0.3) is 0 Å². The molecule has 0 saturated carbocycles. The number of benzene rings is 2. The summed E-state index contributed by atoms with van der Waals surface area (Å²) < 4.78 is 130. The zero-order valence-corrected chi connectivity index (χ0v) is 16.0. The largest absolute Gasteiger partial charge is 0.439 e. The molecule has 0 aromatic heterocycles. The van der Waals surface area contributed by atoms with E-state index >= 15 is 0 Å². The highest BCUT2D eigenvalue weighted by atomic mass is 32.2. The summed E-state index contributed by atoms with van der Waals surface area (Å²) in [6.07, 6.45) is -15.9. The third kappa shape index (κ3) is 5.54. The highest BCUT2D eigenvalue weighted by molar-refractivity contribution is 7.92. The van der Waals surface area contributed by atoms with Gasteiger partial charge in [-0.3, -0.25) is 4.72 Å². The van der Waals surface area contributed by atoms with Gasteiger partial charge in [-0.05, 0) is 36.4 Å². The second kappa shape index (κ2) is 7.96. The Bertz CT molecular complexity index is 1120. The lowest BCUT2D eigenvalue weighted by Crippen LogP contribution is -2.45. The van der Waals surface area contributed by atoms with Gasteiger partial charge in [0, 0.05) is 0 Å². The van der Waals surface area contributed by atoms with E-state index in [0.717, 1.165) is 42.5 Å². The number of hydrogen-bond acceptors (Lipinski definition) is 5. The number of nitrogens with two attached hydrogens (primary N) is 1. The smallest absolute Gasteiger partial charge is 0.428 e. The van der Waals surface area contributed by atoms with Gasteiger partial charge in [-0.2, -0.15) is 22.0 Å². The van der Waals surface area contributed by atoms with E-state index < -0.39 is 59.7 Å². The molecule has 0 saturated heterocycles. The van der Waals surface area contributed by atoms with Crippen molar-refractivity contribution in [2.45, 2.75) is 28.2 Å².